The molecule has 4 nitrogen and oxygen atoms in total. The fourth-order valence-corrected chi connectivity index (χ4v) is 3.06. The number of hydrogen-bond acceptors (Lipinski definition) is 4. The minimum absolute atomic E-state index is 0.0692. The lowest BCUT2D eigenvalue weighted by Gasteiger charge is -2.32. The average molecular weight is 348 g/mol. The second-order valence-corrected chi connectivity index (χ2v) is 6.24. The minimum atomic E-state index is -0.228. The summed E-state index contributed by atoms with van der Waals surface area (Å²) in [5.74, 6) is 1.27. The maximum absolute atomic E-state index is 6.35. The van der Waals surface area contributed by atoms with Crippen LogP contribution in [-0.2, 0) is 4.74 Å². The van der Waals surface area contributed by atoms with Crippen LogP contribution >= 0.6 is 11.6 Å². The molecule has 1 fully saturated rings. The standard InChI is InChI=1S/C19H22ClNO3/c1-13-5-3-4-6-15(13)19(18-12-21-9-10-23-18)24-16-8-7-14(20)11-17(16)22-2/h3-8,11,18-19,21H,9-10,12H2,1-2H3. The summed E-state index contributed by atoms with van der Waals surface area (Å²) >= 11 is 6.05. The number of ether oxygens (including phenoxy) is 3. The highest BCUT2D eigenvalue weighted by atomic mass is 35.5. The van der Waals surface area contributed by atoms with Crippen molar-refractivity contribution in [3.63, 3.8) is 0 Å². The lowest BCUT2D eigenvalue weighted by Crippen LogP contribution is -2.43. The number of nitrogens with one attached hydrogen (secondary N) is 1. The summed E-state index contributed by atoms with van der Waals surface area (Å²) in [5, 5.41) is 3.98. The van der Waals surface area contributed by atoms with Gasteiger partial charge in [0.2, 0.25) is 0 Å². The third-order valence-corrected chi connectivity index (χ3v) is 4.40. The van der Waals surface area contributed by atoms with Gasteiger partial charge in [-0.3, -0.25) is 0 Å². The molecule has 128 valence electrons. The number of benzene rings is 2. The molecule has 0 radical (unpaired) electrons. The van der Waals surface area contributed by atoms with Crippen molar-refractivity contribution in [1.82, 2.24) is 5.32 Å². The van der Waals surface area contributed by atoms with E-state index in [-0.39, 0.29) is 12.2 Å². The van der Waals surface area contributed by atoms with Gasteiger partial charge in [0, 0.05) is 24.2 Å². The molecular formula is C19H22ClNO3. The molecule has 2 unspecified atom stereocenters. The third kappa shape index (κ3) is 3.83. The molecule has 2 atom stereocenters. The van der Waals surface area contributed by atoms with Crippen molar-refractivity contribution in [2.75, 3.05) is 26.8 Å². The van der Waals surface area contributed by atoms with E-state index in [1.54, 1.807) is 19.2 Å². The Morgan fingerprint density at radius 3 is 2.75 bits per heavy atom. The summed E-state index contributed by atoms with van der Waals surface area (Å²) < 4.78 is 17.7. The van der Waals surface area contributed by atoms with E-state index in [2.05, 4.69) is 24.4 Å². The number of hydrogen-bond donors (Lipinski definition) is 1. The summed E-state index contributed by atoms with van der Waals surface area (Å²) in [7, 11) is 1.61. The van der Waals surface area contributed by atoms with Crippen LogP contribution in [0, 0.1) is 6.92 Å². The van der Waals surface area contributed by atoms with Gasteiger partial charge < -0.3 is 19.5 Å². The summed E-state index contributed by atoms with van der Waals surface area (Å²) in [6.45, 7) is 4.37. The SMILES string of the molecule is COc1cc(Cl)ccc1OC(c1ccccc1C)C1CNCCO1. The van der Waals surface area contributed by atoms with Gasteiger partial charge in [-0.25, -0.2) is 0 Å². The van der Waals surface area contributed by atoms with E-state index in [0.717, 1.165) is 18.7 Å². The first-order chi connectivity index (χ1) is 11.7. The van der Waals surface area contributed by atoms with Crippen molar-refractivity contribution < 1.29 is 14.2 Å². The van der Waals surface area contributed by atoms with Crippen LogP contribution in [0.25, 0.3) is 0 Å². The van der Waals surface area contributed by atoms with Crippen molar-refractivity contribution in [3.8, 4) is 11.5 Å². The second-order valence-electron chi connectivity index (χ2n) is 5.80. The monoisotopic (exact) mass is 347 g/mol. The van der Waals surface area contributed by atoms with E-state index < -0.39 is 0 Å². The van der Waals surface area contributed by atoms with Gasteiger partial charge in [-0.2, -0.15) is 0 Å². The first-order valence-corrected chi connectivity index (χ1v) is 8.45. The van der Waals surface area contributed by atoms with Crippen LogP contribution in [0.5, 0.6) is 11.5 Å². The molecule has 0 aromatic heterocycles. The molecule has 0 amide bonds. The van der Waals surface area contributed by atoms with Crippen LogP contribution in [0.15, 0.2) is 42.5 Å². The van der Waals surface area contributed by atoms with E-state index >= 15 is 0 Å². The van der Waals surface area contributed by atoms with Crippen molar-refractivity contribution >= 4 is 11.6 Å². The summed E-state index contributed by atoms with van der Waals surface area (Å²) in [5.41, 5.74) is 2.29. The van der Waals surface area contributed by atoms with Crippen molar-refractivity contribution in [3.05, 3.63) is 58.6 Å². The zero-order valence-electron chi connectivity index (χ0n) is 13.9. The van der Waals surface area contributed by atoms with Gasteiger partial charge in [0.15, 0.2) is 17.6 Å². The largest absolute Gasteiger partial charge is 0.493 e. The van der Waals surface area contributed by atoms with E-state index in [1.807, 2.05) is 18.2 Å². The van der Waals surface area contributed by atoms with Gasteiger partial charge >= 0.3 is 0 Å². The minimum Gasteiger partial charge on any atom is -0.493 e. The molecule has 5 heteroatoms. The lowest BCUT2D eigenvalue weighted by atomic mass is 9.98. The van der Waals surface area contributed by atoms with Crippen LogP contribution < -0.4 is 14.8 Å². The molecule has 1 aliphatic heterocycles. The van der Waals surface area contributed by atoms with Crippen LogP contribution in [0.1, 0.15) is 17.2 Å². The van der Waals surface area contributed by atoms with Crippen molar-refractivity contribution in [1.29, 1.82) is 0 Å². The molecule has 2 aromatic rings. The summed E-state index contributed by atoms with van der Waals surface area (Å²) in [4.78, 5) is 0. The van der Waals surface area contributed by atoms with Gasteiger partial charge in [0.25, 0.3) is 0 Å². The van der Waals surface area contributed by atoms with Crippen molar-refractivity contribution in [2.24, 2.45) is 0 Å². The maximum atomic E-state index is 6.35. The number of aryl methyl sites for hydroxylation is 1. The predicted molar refractivity (Wildman–Crippen MR) is 95.2 cm³/mol. The highest BCUT2D eigenvalue weighted by Gasteiger charge is 2.29. The zero-order chi connectivity index (χ0) is 16.9. The van der Waals surface area contributed by atoms with E-state index in [4.69, 9.17) is 25.8 Å². The number of methoxy groups -OCH3 is 1. The maximum Gasteiger partial charge on any atom is 0.162 e. The Labute approximate surface area is 147 Å². The Bertz CT molecular complexity index is 686. The first kappa shape index (κ1) is 17.1. The van der Waals surface area contributed by atoms with Gasteiger partial charge in [-0.15, -0.1) is 0 Å². The van der Waals surface area contributed by atoms with Crippen LogP contribution in [0.2, 0.25) is 5.02 Å². The predicted octanol–water partition coefficient (Wildman–Crippen LogP) is 3.77. The molecular weight excluding hydrogens is 326 g/mol. The molecule has 1 N–H and O–H groups in total. The van der Waals surface area contributed by atoms with Gasteiger partial charge in [-0.1, -0.05) is 35.9 Å². The quantitative estimate of drug-likeness (QED) is 0.893. The third-order valence-electron chi connectivity index (χ3n) is 4.17. The van der Waals surface area contributed by atoms with Gasteiger partial charge in [0.1, 0.15) is 6.10 Å². The van der Waals surface area contributed by atoms with Crippen molar-refractivity contribution in [2.45, 2.75) is 19.1 Å². The highest BCUT2D eigenvalue weighted by molar-refractivity contribution is 6.30. The molecule has 1 heterocycles. The topological polar surface area (TPSA) is 39.7 Å². The zero-order valence-corrected chi connectivity index (χ0v) is 14.7. The summed E-state index contributed by atoms with van der Waals surface area (Å²) in [6.07, 6.45) is -0.297. The van der Waals surface area contributed by atoms with Crippen LogP contribution in [0.3, 0.4) is 0 Å². The Morgan fingerprint density at radius 1 is 1.21 bits per heavy atom. The molecule has 0 bridgehead atoms. The lowest BCUT2D eigenvalue weighted by molar-refractivity contribution is -0.0440. The molecule has 0 aliphatic carbocycles. The summed E-state index contributed by atoms with van der Waals surface area (Å²) in [6, 6.07) is 13.6. The van der Waals surface area contributed by atoms with Gasteiger partial charge in [0.05, 0.1) is 13.7 Å². The van der Waals surface area contributed by atoms with E-state index in [9.17, 15) is 0 Å². The molecule has 1 aliphatic rings. The van der Waals surface area contributed by atoms with Gasteiger partial charge in [-0.05, 0) is 30.2 Å². The van der Waals surface area contributed by atoms with Crippen LogP contribution in [0.4, 0.5) is 0 Å². The molecule has 0 saturated carbocycles. The number of morpholine rings is 1. The first-order valence-electron chi connectivity index (χ1n) is 8.07. The second kappa shape index (κ2) is 7.88. The van der Waals surface area contributed by atoms with E-state index in [1.165, 1.54) is 5.56 Å². The Balaban J connectivity index is 1.94. The number of halogens is 1. The smallest absolute Gasteiger partial charge is 0.162 e. The number of rotatable bonds is 5. The van der Waals surface area contributed by atoms with Crippen LogP contribution in [-0.4, -0.2) is 32.9 Å². The Kier molecular flexibility index (Phi) is 5.61. The highest BCUT2D eigenvalue weighted by Crippen LogP contribution is 2.36. The average Bonchev–Trinajstić information content (AvgIpc) is 2.62. The molecule has 24 heavy (non-hydrogen) atoms. The Morgan fingerprint density at radius 2 is 2.04 bits per heavy atom. The van der Waals surface area contributed by atoms with E-state index in [0.29, 0.717) is 23.1 Å². The molecule has 2 aromatic carbocycles. The molecule has 0 spiro atoms. The molecule has 1 saturated heterocycles. The fraction of sp³-hybridized carbons (Fsp3) is 0.368. The Hall–Kier alpha value is -1.75. The molecule has 3 rings (SSSR count). The fourth-order valence-electron chi connectivity index (χ4n) is 2.90. The normalized spacial score (nSPS) is 18.9.